The quantitative estimate of drug-likeness (QED) is 0.641. The van der Waals surface area contributed by atoms with Crippen molar-refractivity contribution in [3.63, 3.8) is 0 Å². The Morgan fingerprint density at radius 3 is 2.30 bits per heavy atom. The second kappa shape index (κ2) is 8.99. The van der Waals surface area contributed by atoms with Crippen LogP contribution < -0.4 is 4.18 Å². The van der Waals surface area contributed by atoms with Crippen molar-refractivity contribution in [2.75, 3.05) is 6.26 Å². The lowest BCUT2D eigenvalue weighted by molar-refractivity contribution is -0.133. The summed E-state index contributed by atoms with van der Waals surface area (Å²) in [5, 5.41) is 0. The Balaban J connectivity index is 2.28. The van der Waals surface area contributed by atoms with E-state index in [1.807, 2.05) is 13.8 Å². The fourth-order valence-corrected chi connectivity index (χ4v) is 3.09. The summed E-state index contributed by atoms with van der Waals surface area (Å²) >= 11 is 0. The lowest BCUT2D eigenvalue weighted by Crippen LogP contribution is -2.31. The van der Waals surface area contributed by atoms with Gasteiger partial charge in [-0.2, -0.15) is 8.42 Å². The van der Waals surface area contributed by atoms with E-state index in [-0.39, 0.29) is 29.9 Å². The minimum absolute atomic E-state index is 0.0662. The van der Waals surface area contributed by atoms with Crippen molar-refractivity contribution < 1.29 is 21.8 Å². The molecule has 0 aliphatic carbocycles. The van der Waals surface area contributed by atoms with Gasteiger partial charge in [-0.25, -0.2) is 4.39 Å². The monoisotopic (exact) mass is 393 g/mol. The summed E-state index contributed by atoms with van der Waals surface area (Å²) in [7, 11) is -3.68. The lowest BCUT2D eigenvalue weighted by Gasteiger charge is -2.25. The molecule has 1 amide bonds. The number of benzene rings is 2. The van der Waals surface area contributed by atoms with Crippen molar-refractivity contribution in [1.29, 1.82) is 0 Å². The Hall–Kier alpha value is -2.41. The molecule has 0 bridgehead atoms. The number of para-hydroxylation sites is 1. The van der Waals surface area contributed by atoms with Crippen LogP contribution in [-0.4, -0.2) is 25.5 Å². The molecule has 27 heavy (non-hydrogen) atoms. The third-order valence-electron chi connectivity index (χ3n) is 3.80. The van der Waals surface area contributed by atoms with Gasteiger partial charge in [0.25, 0.3) is 0 Å². The number of rotatable bonds is 8. The zero-order valence-electron chi connectivity index (χ0n) is 15.7. The summed E-state index contributed by atoms with van der Waals surface area (Å²) in [6.07, 6.45) is 1.33. The summed E-state index contributed by atoms with van der Waals surface area (Å²) in [6, 6.07) is 12.7. The molecule has 0 heterocycles. The molecule has 0 aromatic heterocycles. The highest BCUT2D eigenvalue weighted by atomic mass is 32.2. The van der Waals surface area contributed by atoms with Crippen LogP contribution in [0, 0.1) is 11.7 Å². The van der Waals surface area contributed by atoms with Gasteiger partial charge in [0.1, 0.15) is 11.6 Å². The van der Waals surface area contributed by atoms with E-state index in [2.05, 4.69) is 0 Å². The molecule has 2 aromatic rings. The standard InChI is InChI=1S/C20H24FNO4S/c1-15(2)12-20(23)22(13-16-8-10-18(21)11-9-16)14-17-6-4-5-7-19(17)26-27(3,24)25/h4-11,15H,12-14H2,1-3H3. The molecule has 0 unspecified atom stereocenters. The van der Waals surface area contributed by atoms with Crippen LogP contribution in [0.5, 0.6) is 5.75 Å². The maximum atomic E-state index is 13.2. The van der Waals surface area contributed by atoms with Crippen LogP contribution >= 0.6 is 0 Å². The third kappa shape index (κ3) is 7.02. The van der Waals surface area contributed by atoms with E-state index < -0.39 is 10.1 Å². The van der Waals surface area contributed by atoms with E-state index >= 15 is 0 Å². The average molecular weight is 393 g/mol. The van der Waals surface area contributed by atoms with Crippen molar-refractivity contribution in [2.45, 2.75) is 33.4 Å². The first-order valence-corrected chi connectivity index (χ1v) is 10.5. The summed E-state index contributed by atoms with van der Waals surface area (Å²) in [6.45, 7) is 4.39. The second-order valence-electron chi connectivity index (χ2n) is 6.87. The van der Waals surface area contributed by atoms with Crippen LogP contribution in [0.2, 0.25) is 0 Å². The van der Waals surface area contributed by atoms with Crippen LogP contribution in [0.4, 0.5) is 4.39 Å². The highest BCUT2D eigenvalue weighted by Gasteiger charge is 2.19. The summed E-state index contributed by atoms with van der Waals surface area (Å²) in [4.78, 5) is 14.3. The normalized spacial score (nSPS) is 11.4. The number of amides is 1. The summed E-state index contributed by atoms with van der Waals surface area (Å²) in [5.74, 6) is -0.0358. The van der Waals surface area contributed by atoms with Gasteiger partial charge in [0.15, 0.2) is 0 Å². The molecule has 2 aromatic carbocycles. The highest BCUT2D eigenvalue weighted by Crippen LogP contribution is 2.23. The number of hydrogen-bond donors (Lipinski definition) is 0. The molecule has 7 heteroatoms. The van der Waals surface area contributed by atoms with Gasteiger partial charge in [0.2, 0.25) is 5.91 Å². The molecular weight excluding hydrogens is 369 g/mol. The largest absolute Gasteiger partial charge is 0.382 e. The van der Waals surface area contributed by atoms with Crippen LogP contribution in [0.3, 0.4) is 0 Å². The van der Waals surface area contributed by atoms with Crippen molar-refractivity contribution in [2.24, 2.45) is 5.92 Å². The number of nitrogens with zero attached hydrogens (tertiary/aromatic N) is 1. The van der Waals surface area contributed by atoms with Crippen LogP contribution in [0.25, 0.3) is 0 Å². The number of carbonyl (C=O) groups is 1. The molecule has 0 N–H and O–H groups in total. The van der Waals surface area contributed by atoms with Gasteiger partial charge in [-0.3, -0.25) is 4.79 Å². The average Bonchev–Trinajstić information content (AvgIpc) is 2.56. The van der Waals surface area contributed by atoms with Crippen LogP contribution in [-0.2, 0) is 28.0 Å². The van der Waals surface area contributed by atoms with E-state index in [4.69, 9.17) is 4.18 Å². The first kappa shape index (κ1) is 20.9. The van der Waals surface area contributed by atoms with Crippen molar-refractivity contribution in [3.05, 3.63) is 65.5 Å². The molecule has 2 rings (SSSR count). The van der Waals surface area contributed by atoms with Gasteiger partial charge in [-0.05, 0) is 29.7 Å². The second-order valence-corrected chi connectivity index (χ2v) is 8.44. The van der Waals surface area contributed by atoms with Gasteiger partial charge in [-0.1, -0.05) is 44.2 Å². The molecule has 0 saturated heterocycles. The number of carbonyl (C=O) groups excluding carboxylic acids is 1. The highest BCUT2D eigenvalue weighted by molar-refractivity contribution is 7.86. The van der Waals surface area contributed by atoms with Gasteiger partial charge < -0.3 is 9.08 Å². The van der Waals surface area contributed by atoms with Gasteiger partial charge >= 0.3 is 10.1 Å². The van der Waals surface area contributed by atoms with Gasteiger partial charge in [0.05, 0.1) is 6.26 Å². The summed E-state index contributed by atoms with van der Waals surface area (Å²) in [5.41, 5.74) is 1.37. The Labute approximate surface area is 159 Å². The molecule has 0 aliphatic rings. The maximum absolute atomic E-state index is 13.2. The molecular formula is C20H24FNO4S. The van der Waals surface area contributed by atoms with E-state index in [0.717, 1.165) is 11.8 Å². The predicted molar refractivity (Wildman–Crippen MR) is 102 cm³/mol. The SMILES string of the molecule is CC(C)CC(=O)N(Cc1ccc(F)cc1)Cc1ccccc1OS(C)(=O)=O. The first-order chi connectivity index (χ1) is 12.6. The number of hydrogen-bond acceptors (Lipinski definition) is 4. The van der Waals surface area contributed by atoms with Crippen LogP contribution in [0.15, 0.2) is 48.5 Å². The molecule has 0 atom stereocenters. The van der Waals surface area contributed by atoms with Gasteiger partial charge in [0, 0.05) is 25.1 Å². The molecule has 0 aliphatic heterocycles. The Morgan fingerprint density at radius 1 is 1.07 bits per heavy atom. The zero-order valence-corrected chi connectivity index (χ0v) is 16.5. The summed E-state index contributed by atoms with van der Waals surface area (Å²) < 4.78 is 41.2. The van der Waals surface area contributed by atoms with Crippen molar-refractivity contribution >= 4 is 16.0 Å². The van der Waals surface area contributed by atoms with Gasteiger partial charge in [-0.15, -0.1) is 0 Å². The minimum Gasteiger partial charge on any atom is -0.382 e. The zero-order chi connectivity index (χ0) is 20.0. The molecule has 5 nitrogen and oxygen atoms in total. The first-order valence-electron chi connectivity index (χ1n) is 8.63. The molecule has 0 saturated carbocycles. The smallest absolute Gasteiger partial charge is 0.306 e. The van der Waals surface area contributed by atoms with E-state index in [1.165, 1.54) is 12.1 Å². The Bertz CT molecular complexity index is 879. The number of halogens is 1. The van der Waals surface area contributed by atoms with E-state index in [1.54, 1.807) is 41.3 Å². The fourth-order valence-electron chi connectivity index (χ4n) is 2.61. The Morgan fingerprint density at radius 2 is 1.70 bits per heavy atom. The molecule has 0 radical (unpaired) electrons. The maximum Gasteiger partial charge on any atom is 0.306 e. The van der Waals surface area contributed by atoms with E-state index in [9.17, 15) is 17.6 Å². The van der Waals surface area contributed by atoms with Crippen LogP contribution in [0.1, 0.15) is 31.4 Å². The predicted octanol–water partition coefficient (Wildman–Crippen LogP) is 3.74. The lowest BCUT2D eigenvalue weighted by atomic mass is 10.1. The topological polar surface area (TPSA) is 63.7 Å². The molecule has 0 fully saturated rings. The van der Waals surface area contributed by atoms with Crippen molar-refractivity contribution in [1.82, 2.24) is 4.90 Å². The van der Waals surface area contributed by atoms with E-state index in [0.29, 0.717) is 18.5 Å². The third-order valence-corrected chi connectivity index (χ3v) is 4.28. The minimum atomic E-state index is -3.68. The molecule has 146 valence electrons. The molecule has 0 spiro atoms. The Kier molecular flexibility index (Phi) is 6.96. The van der Waals surface area contributed by atoms with Crippen molar-refractivity contribution in [3.8, 4) is 5.75 Å². The fraction of sp³-hybridized carbons (Fsp3) is 0.350.